The van der Waals surface area contributed by atoms with E-state index in [9.17, 15) is 5.11 Å². The third-order valence-electron chi connectivity index (χ3n) is 3.16. The molecule has 0 aliphatic heterocycles. The normalized spacial score (nSPS) is 11.7. The summed E-state index contributed by atoms with van der Waals surface area (Å²) < 4.78 is 0. The largest absolute Gasteiger partial charge is 0.396 e. The van der Waals surface area contributed by atoms with Crippen LogP contribution in [0.1, 0.15) is 26.7 Å². The molecule has 5 nitrogen and oxygen atoms in total. The quantitative estimate of drug-likeness (QED) is 0.779. The molecule has 5 heteroatoms. The Morgan fingerprint density at radius 3 is 2.89 bits per heavy atom. The lowest BCUT2D eigenvalue weighted by molar-refractivity contribution is 0.149. The molecule has 0 fully saturated rings. The van der Waals surface area contributed by atoms with Crippen LogP contribution in [0.4, 0.5) is 5.82 Å². The lowest BCUT2D eigenvalue weighted by Crippen LogP contribution is -2.18. The summed E-state index contributed by atoms with van der Waals surface area (Å²) in [4.78, 5) is 12.6. The van der Waals surface area contributed by atoms with Gasteiger partial charge >= 0.3 is 0 Å². The van der Waals surface area contributed by atoms with Gasteiger partial charge < -0.3 is 10.4 Å². The molecule has 2 heterocycles. The van der Waals surface area contributed by atoms with Gasteiger partial charge in [-0.15, -0.1) is 0 Å². The minimum atomic E-state index is -0.0169. The van der Waals surface area contributed by atoms with Crippen molar-refractivity contribution < 1.29 is 5.11 Å². The first-order valence-electron chi connectivity index (χ1n) is 6.53. The van der Waals surface area contributed by atoms with Gasteiger partial charge in [-0.25, -0.2) is 15.0 Å². The van der Waals surface area contributed by atoms with Gasteiger partial charge in [-0.1, -0.05) is 13.8 Å². The molecule has 0 radical (unpaired) electrons. The zero-order chi connectivity index (χ0) is 13.7. The zero-order valence-electron chi connectivity index (χ0n) is 11.4. The Kier molecular flexibility index (Phi) is 4.27. The van der Waals surface area contributed by atoms with Crippen molar-refractivity contribution in [3.05, 3.63) is 24.7 Å². The summed E-state index contributed by atoms with van der Waals surface area (Å²) in [6.07, 6.45) is 5.20. The van der Waals surface area contributed by atoms with Crippen LogP contribution in [0, 0.1) is 5.41 Å². The smallest absolute Gasteiger partial charge is 0.164 e. The number of hydrogen-bond acceptors (Lipinski definition) is 5. The highest BCUT2D eigenvalue weighted by atomic mass is 16.3. The number of pyridine rings is 1. The third kappa shape index (κ3) is 3.61. The molecule has 2 rings (SSSR count). The molecule has 0 unspecified atom stereocenters. The fraction of sp³-hybridized carbons (Fsp3) is 0.500. The number of fused-ring (bicyclic) bond motifs is 1. The second kappa shape index (κ2) is 5.93. The Morgan fingerprint density at radius 2 is 2.11 bits per heavy atom. The average molecular weight is 260 g/mol. The molecular formula is C14H20N4O. The monoisotopic (exact) mass is 260 g/mol. The van der Waals surface area contributed by atoms with E-state index in [1.54, 1.807) is 6.20 Å². The summed E-state index contributed by atoms with van der Waals surface area (Å²) in [5.41, 5.74) is 0.687. The molecule has 2 aromatic heterocycles. The average Bonchev–Trinajstić information content (AvgIpc) is 2.44. The van der Waals surface area contributed by atoms with Gasteiger partial charge in [0.15, 0.2) is 5.65 Å². The predicted octanol–water partition coefficient (Wildman–Crippen LogP) is 2.24. The van der Waals surface area contributed by atoms with Crippen LogP contribution in [0.5, 0.6) is 0 Å². The maximum absolute atomic E-state index is 9.20. The first-order chi connectivity index (χ1) is 9.12. The Balaban J connectivity index is 1.95. The van der Waals surface area contributed by atoms with Gasteiger partial charge in [0.2, 0.25) is 0 Å². The summed E-state index contributed by atoms with van der Waals surface area (Å²) in [6.45, 7) is 5.17. The maximum Gasteiger partial charge on any atom is 0.164 e. The number of nitrogens with zero attached hydrogens (tertiary/aromatic N) is 3. The maximum atomic E-state index is 9.20. The van der Waals surface area contributed by atoms with Crippen LogP contribution < -0.4 is 5.32 Å². The van der Waals surface area contributed by atoms with Gasteiger partial charge in [0, 0.05) is 19.3 Å². The first-order valence-corrected chi connectivity index (χ1v) is 6.53. The predicted molar refractivity (Wildman–Crippen MR) is 75.9 cm³/mol. The van der Waals surface area contributed by atoms with E-state index in [1.807, 2.05) is 12.1 Å². The highest BCUT2D eigenvalue weighted by Gasteiger charge is 2.15. The van der Waals surface area contributed by atoms with Crippen LogP contribution in [0.15, 0.2) is 24.7 Å². The molecule has 102 valence electrons. The van der Waals surface area contributed by atoms with Gasteiger partial charge in [0.25, 0.3) is 0 Å². The lowest BCUT2D eigenvalue weighted by Gasteiger charge is -2.21. The van der Waals surface area contributed by atoms with Crippen LogP contribution in [-0.4, -0.2) is 33.2 Å². The van der Waals surface area contributed by atoms with Gasteiger partial charge in [-0.2, -0.15) is 0 Å². The van der Waals surface area contributed by atoms with E-state index >= 15 is 0 Å². The molecule has 0 amide bonds. The number of aromatic nitrogens is 3. The SMILES string of the molecule is CC(C)(CO)CCCNc1ncnc2ncccc12. The zero-order valence-corrected chi connectivity index (χ0v) is 11.4. The highest BCUT2D eigenvalue weighted by Crippen LogP contribution is 2.21. The molecule has 2 aromatic rings. The van der Waals surface area contributed by atoms with Gasteiger partial charge in [0.05, 0.1) is 5.39 Å². The van der Waals surface area contributed by atoms with Gasteiger partial charge in [0.1, 0.15) is 12.1 Å². The topological polar surface area (TPSA) is 70.9 Å². The number of nitrogens with one attached hydrogen (secondary N) is 1. The van der Waals surface area contributed by atoms with Crippen molar-refractivity contribution >= 4 is 16.9 Å². The van der Waals surface area contributed by atoms with Crippen molar-refractivity contribution in [2.45, 2.75) is 26.7 Å². The standard InChI is InChI=1S/C14H20N4O/c1-14(2,9-19)6-4-8-16-13-11-5-3-7-15-12(11)17-10-18-13/h3,5,7,10,19H,4,6,8-9H2,1-2H3,(H,15,16,17,18). The van der Waals surface area contributed by atoms with E-state index in [1.165, 1.54) is 6.33 Å². The molecule has 0 saturated carbocycles. The summed E-state index contributed by atoms with van der Waals surface area (Å²) in [5, 5.41) is 13.5. The van der Waals surface area contributed by atoms with Crippen LogP contribution in [0.2, 0.25) is 0 Å². The van der Waals surface area contributed by atoms with Crippen molar-refractivity contribution in [1.29, 1.82) is 0 Å². The number of aliphatic hydroxyl groups excluding tert-OH is 1. The second-order valence-corrected chi connectivity index (χ2v) is 5.45. The van der Waals surface area contributed by atoms with Crippen molar-refractivity contribution in [3.8, 4) is 0 Å². The highest BCUT2D eigenvalue weighted by molar-refractivity contribution is 5.85. The molecule has 0 aliphatic rings. The van der Waals surface area contributed by atoms with Crippen LogP contribution in [0.25, 0.3) is 11.0 Å². The third-order valence-corrected chi connectivity index (χ3v) is 3.16. The minimum Gasteiger partial charge on any atom is -0.396 e. The van der Waals surface area contributed by atoms with Crippen molar-refractivity contribution in [1.82, 2.24) is 15.0 Å². The number of hydrogen-bond donors (Lipinski definition) is 2. The molecule has 0 spiro atoms. The van der Waals surface area contributed by atoms with Crippen molar-refractivity contribution in [2.24, 2.45) is 5.41 Å². The summed E-state index contributed by atoms with van der Waals surface area (Å²) in [6, 6.07) is 3.84. The molecule has 0 aliphatic carbocycles. The Hall–Kier alpha value is -1.75. The molecule has 2 N–H and O–H groups in total. The molecule has 19 heavy (non-hydrogen) atoms. The Bertz CT molecular complexity index is 536. The van der Waals surface area contributed by atoms with E-state index in [-0.39, 0.29) is 12.0 Å². The first kappa shape index (κ1) is 13.7. The van der Waals surface area contributed by atoms with E-state index in [0.717, 1.165) is 30.6 Å². The van der Waals surface area contributed by atoms with Crippen LogP contribution in [-0.2, 0) is 0 Å². The van der Waals surface area contributed by atoms with Crippen molar-refractivity contribution in [2.75, 3.05) is 18.5 Å². The second-order valence-electron chi connectivity index (χ2n) is 5.45. The van der Waals surface area contributed by atoms with Gasteiger partial charge in [-0.3, -0.25) is 0 Å². The fourth-order valence-electron chi connectivity index (χ4n) is 1.89. The Labute approximate surface area is 113 Å². The molecule has 0 saturated heterocycles. The lowest BCUT2D eigenvalue weighted by atomic mass is 9.89. The molecular weight excluding hydrogens is 240 g/mol. The van der Waals surface area contributed by atoms with Crippen LogP contribution in [0.3, 0.4) is 0 Å². The van der Waals surface area contributed by atoms with E-state index in [2.05, 4.69) is 34.1 Å². The van der Waals surface area contributed by atoms with Gasteiger partial charge in [-0.05, 0) is 30.4 Å². The minimum absolute atomic E-state index is 0.0169. The molecule has 0 aromatic carbocycles. The molecule has 0 bridgehead atoms. The van der Waals surface area contributed by atoms with E-state index in [0.29, 0.717) is 5.65 Å². The van der Waals surface area contributed by atoms with E-state index in [4.69, 9.17) is 0 Å². The Morgan fingerprint density at radius 1 is 1.26 bits per heavy atom. The summed E-state index contributed by atoms with van der Waals surface area (Å²) >= 11 is 0. The number of anilines is 1. The van der Waals surface area contributed by atoms with Crippen molar-refractivity contribution in [3.63, 3.8) is 0 Å². The number of rotatable bonds is 6. The fourth-order valence-corrected chi connectivity index (χ4v) is 1.89. The molecule has 0 atom stereocenters. The number of aliphatic hydroxyl groups is 1. The summed E-state index contributed by atoms with van der Waals surface area (Å²) in [7, 11) is 0. The summed E-state index contributed by atoms with van der Waals surface area (Å²) in [5.74, 6) is 0.819. The van der Waals surface area contributed by atoms with E-state index < -0.39 is 0 Å². The van der Waals surface area contributed by atoms with Crippen LogP contribution >= 0.6 is 0 Å².